The second-order valence-electron chi connectivity index (χ2n) is 4.45. The lowest BCUT2D eigenvalue weighted by atomic mass is 10.2. The highest BCUT2D eigenvalue weighted by atomic mass is 79.9. The molecule has 0 aliphatic rings. The minimum absolute atomic E-state index is 0.151. The first kappa shape index (κ1) is 15.5. The lowest BCUT2D eigenvalue weighted by Gasteiger charge is -2.07. The maximum atomic E-state index is 12.3. The first-order chi connectivity index (χ1) is 9.31. The molecule has 0 unspecified atom stereocenters. The molecule has 0 aliphatic heterocycles. The first-order valence-electron chi connectivity index (χ1n) is 5.82. The highest BCUT2D eigenvalue weighted by Crippen LogP contribution is 2.28. The van der Waals surface area contributed by atoms with Gasteiger partial charge in [0.2, 0.25) is 0 Å². The average Bonchev–Trinajstić information content (AvgIpc) is 2.69. The zero-order valence-electron chi connectivity index (χ0n) is 11.0. The number of rotatable bonds is 4. The number of hydrogen-bond acceptors (Lipinski definition) is 4. The highest BCUT2D eigenvalue weighted by molar-refractivity contribution is 9.10. The molecule has 0 radical (unpaired) electrons. The molecule has 20 heavy (non-hydrogen) atoms. The van der Waals surface area contributed by atoms with Gasteiger partial charge in [0.25, 0.3) is 10.0 Å². The number of halogens is 1. The van der Waals surface area contributed by atoms with Gasteiger partial charge >= 0.3 is 0 Å². The van der Waals surface area contributed by atoms with E-state index in [-0.39, 0.29) is 10.8 Å². The van der Waals surface area contributed by atoms with E-state index in [0.717, 1.165) is 26.9 Å². The van der Waals surface area contributed by atoms with Gasteiger partial charge in [-0.3, -0.25) is 4.72 Å². The van der Waals surface area contributed by atoms with Crippen molar-refractivity contribution in [3.8, 4) is 0 Å². The van der Waals surface area contributed by atoms with Gasteiger partial charge in [-0.05, 0) is 49.2 Å². The maximum absolute atomic E-state index is 12.3. The summed E-state index contributed by atoms with van der Waals surface area (Å²) in [5.41, 5.74) is 2.24. The molecular weight excluding hydrogens is 362 g/mol. The molecule has 0 spiro atoms. The van der Waals surface area contributed by atoms with Crippen molar-refractivity contribution < 1.29 is 13.5 Å². The average molecular weight is 376 g/mol. The number of hydrogen-bond donors (Lipinski definition) is 2. The molecule has 0 saturated heterocycles. The fraction of sp³-hybridized carbons (Fsp3) is 0.231. The van der Waals surface area contributed by atoms with Gasteiger partial charge in [-0.15, -0.1) is 11.3 Å². The second-order valence-corrected chi connectivity index (χ2v) is 8.41. The Kier molecular flexibility index (Phi) is 4.53. The van der Waals surface area contributed by atoms with Crippen LogP contribution in [0.15, 0.2) is 32.9 Å². The van der Waals surface area contributed by atoms with E-state index in [1.54, 1.807) is 25.1 Å². The smallest absolute Gasteiger partial charge is 0.271 e. The Hall–Kier alpha value is -0.890. The van der Waals surface area contributed by atoms with Crippen LogP contribution in [-0.2, 0) is 16.6 Å². The number of aliphatic hydroxyl groups excluding tert-OH is 1. The van der Waals surface area contributed by atoms with Gasteiger partial charge in [-0.2, -0.15) is 0 Å². The summed E-state index contributed by atoms with van der Waals surface area (Å²) < 4.78 is 28.2. The second kappa shape index (κ2) is 5.85. The fourth-order valence-corrected chi connectivity index (χ4v) is 4.88. The molecule has 2 N–H and O–H groups in total. The van der Waals surface area contributed by atoms with Crippen LogP contribution >= 0.6 is 27.3 Å². The Morgan fingerprint density at radius 1 is 1.25 bits per heavy atom. The van der Waals surface area contributed by atoms with Gasteiger partial charge in [0.15, 0.2) is 0 Å². The van der Waals surface area contributed by atoms with Crippen LogP contribution in [0.2, 0.25) is 0 Å². The molecule has 0 fully saturated rings. The van der Waals surface area contributed by atoms with E-state index in [1.165, 1.54) is 0 Å². The Morgan fingerprint density at radius 3 is 2.50 bits per heavy atom. The normalized spacial score (nSPS) is 11.6. The van der Waals surface area contributed by atoms with Gasteiger partial charge in [0.05, 0.1) is 12.3 Å². The molecule has 1 heterocycles. The number of thiophene rings is 1. The first-order valence-corrected chi connectivity index (χ1v) is 8.91. The lowest BCUT2D eigenvalue weighted by Crippen LogP contribution is -2.11. The molecule has 0 atom stereocenters. The SMILES string of the molecule is Cc1cc(Br)cc(NS(=O)(=O)c2cc(C)c(CO)s2)c1. The van der Waals surface area contributed by atoms with Gasteiger partial charge in [-0.25, -0.2) is 8.42 Å². The van der Waals surface area contributed by atoms with Crippen LogP contribution in [0.3, 0.4) is 0 Å². The number of nitrogens with one attached hydrogen (secondary N) is 1. The van der Waals surface area contributed by atoms with Crippen LogP contribution < -0.4 is 4.72 Å². The molecule has 0 saturated carbocycles. The van der Waals surface area contributed by atoms with E-state index < -0.39 is 10.0 Å². The molecule has 4 nitrogen and oxygen atoms in total. The van der Waals surface area contributed by atoms with E-state index in [1.807, 2.05) is 13.0 Å². The predicted molar refractivity (Wildman–Crippen MR) is 84.7 cm³/mol. The third-order valence-corrected chi connectivity index (χ3v) is 6.24. The third kappa shape index (κ3) is 3.41. The summed E-state index contributed by atoms with van der Waals surface area (Å²) in [4.78, 5) is 0.663. The monoisotopic (exact) mass is 375 g/mol. The topological polar surface area (TPSA) is 66.4 Å². The lowest BCUT2D eigenvalue weighted by molar-refractivity contribution is 0.285. The van der Waals surface area contributed by atoms with E-state index in [4.69, 9.17) is 5.11 Å². The summed E-state index contributed by atoms with van der Waals surface area (Å²) in [5, 5.41) is 9.15. The molecule has 2 aromatic rings. The van der Waals surface area contributed by atoms with E-state index >= 15 is 0 Å². The van der Waals surface area contributed by atoms with Crippen LogP contribution in [0, 0.1) is 13.8 Å². The Bertz CT molecular complexity index is 718. The van der Waals surface area contributed by atoms with Gasteiger partial charge < -0.3 is 5.11 Å². The van der Waals surface area contributed by atoms with Crippen molar-refractivity contribution in [3.05, 3.63) is 44.7 Å². The predicted octanol–water partition coefficient (Wildman–Crippen LogP) is 3.42. The van der Waals surface area contributed by atoms with Crippen molar-refractivity contribution >= 4 is 43.0 Å². The number of benzene rings is 1. The summed E-state index contributed by atoms with van der Waals surface area (Å²) in [5.74, 6) is 0. The molecule has 0 amide bonds. The number of anilines is 1. The minimum Gasteiger partial charge on any atom is -0.391 e. The van der Waals surface area contributed by atoms with Gasteiger partial charge in [0, 0.05) is 9.35 Å². The zero-order valence-corrected chi connectivity index (χ0v) is 14.2. The van der Waals surface area contributed by atoms with Crippen molar-refractivity contribution in [2.45, 2.75) is 24.7 Å². The summed E-state index contributed by atoms with van der Waals surface area (Å²) in [6.07, 6.45) is 0. The summed E-state index contributed by atoms with van der Waals surface area (Å²) in [6.45, 7) is 3.52. The summed E-state index contributed by atoms with van der Waals surface area (Å²) in [7, 11) is -3.62. The van der Waals surface area contributed by atoms with Crippen molar-refractivity contribution in [2.75, 3.05) is 4.72 Å². The van der Waals surface area contributed by atoms with Crippen LogP contribution in [0.4, 0.5) is 5.69 Å². The molecule has 1 aromatic heterocycles. The standard InChI is InChI=1S/C13H14BrNO3S2/c1-8-3-10(14)6-11(4-8)15-20(17,18)13-5-9(2)12(7-16)19-13/h3-6,15-16H,7H2,1-2H3. The molecule has 1 aromatic carbocycles. The van der Waals surface area contributed by atoms with Crippen molar-refractivity contribution in [1.82, 2.24) is 0 Å². The Balaban J connectivity index is 2.35. The summed E-state index contributed by atoms with van der Waals surface area (Å²) in [6, 6.07) is 6.94. The van der Waals surface area contributed by atoms with Gasteiger partial charge in [0.1, 0.15) is 4.21 Å². The minimum atomic E-state index is -3.62. The van der Waals surface area contributed by atoms with Crippen molar-refractivity contribution in [3.63, 3.8) is 0 Å². The molecule has 108 valence electrons. The van der Waals surface area contributed by atoms with Crippen LogP contribution in [0.1, 0.15) is 16.0 Å². The zero-order chi connectivity index (χ0) is 14.9. The molecule has 0 bridgehead atoms. The molecule has 2 rings (SSSR count). The fourth-order valence-electron chi connectivity index (χ4n) is 1.78. The van der Waals surface area contributed by atoms with E-state index in [0.29, 0.717) is 10.6 Å². The molecule has 0 aliphatic carbocycles. The van der Waals surface area contributed by atoms with Crippen molar-refractivity contribution in [1.29, 1.82) is 0 Å². The Morgan fingerprint density at radius 2 is 1.95 bits per heavy atom. The largest absolute Gasteiger partial charge is 0.391 e. The highest BCUT2D eigenvalue weighted by Gasteiger charge is 2.19. The van der Waals surface area contributed by atoms with Crippen LogP contribution in [0.25, 0.3) is 0 Å². The molecular formula is C13H14BrNO3S2. The summed E-state index contributed by atoms with van der Waals surface area (Å²) >= 11 is 4.42. The third-order valence-electron chi connectivity index (χ3n) is 2.70. The van der Waals surface area contributed by atoms with Crippen LogP contribution in [-0.4, -0.2) is 13.5 Å². The van der Waals surface area contributed by atoms with Crippen molar-refractivity contribution in [2.24, 2.45) is 0 Å². The van der Waals surface area contributed by atoms with E-state index in [2.05, 4.69) is 20.7 Å². The quantitative estimate of drug-likeness (QED) is 0.859. The molecule has 7 heteroatoms. The van der Waals surface area contributed by atoms with E-state index in [9.17, 15) is 8.42 Å². The van der Waals surface area contributed by atoms with Crippen LogP contribution in [0.5, 0.6) is 0 Å². The van der Waals surface area contributed by atoms with Gasteiger partial charge in [-0.1, -0.05) is 15.9 Å². The number of aryl methyl sites for hydroxylation is 2. The number of aliphatic hydroxyl groups is 1. The maximum Gasteiger partial charge on any atom is 0.271 e. The number of sulfonamides is 1. The Labute approximate surface area is 130 Å².